The van der Waals surface area contributed by atoms with Crippen LogP contribution in [0, 0.1) is 5.82 Å². The summed E-state index contributed by atoms with van der Waals surface area (Å²) in [7, 11) is 0. The summed E-state index contributed by atoms with van der Waals surface area (Å²) in [5, 5.41) is 3.54. The molecule has 0 unspecified atom stereocenters. The molecule has 1 aromatic carbocycles. The van der Waals surface area contributed by atoms with Gasteiger partial charge in [-0.2, -0.15) is 0 Å². The number of amides is 1. The Hall–Kier alpha value is -2.14. The van der Waals surface area contributed by atoms with E-state index in [2.05, 4.69) is 10.3 Å². The van der Waals surface area contributed by atoms with Crippen LogP contribution in [0.15, 0.2) is 36.5 Å². The first-order valence-corrected chi connectivity index (χ1v) is 6.90. The molecule has 3 rings (SSSR count). The van der Waals surface area contributed by atoms with E-state index >= 15 is 0 Å². The second-order valence-corrected chi connectivity index (χ2v) is 5.47. The summed E-state index contributed by atoms with van der Waals surface area (Å²) < 4.78 is 13.2. The third-order valence-electron chi connectivity index (χ3n) is 3.52. The highest BCUT2D eigenvalue weighted by atomic mass is 35.5. The SMILES string of the molecule is NC(=O)c1cnc(N[C@@H]2C[C@H]2c2cccc(F)c2)c(Cl)c1. The summed E-state index contributed by atoms with van der Waals surface area (Å²) in [6.07, 6.45) is 2.27. The molecular formula is C15H13ClFN3O. The number of nitrogens with one attached hydrogen (secondary N) is 1. The van der Waals surface area contributed by atoms with E-state index in [0.717, 1.165) is 12.0 Å². The molecule has 1 aromatic heterocycles. The van der Waals surface area contributed by atoms with Crippen molar-refractivity contribution in [1.29, 1.82) is 0 Å². The fourth-order valence-corrected chi connectivity index (χ4v) is 2.54. The van der Waals surface area contributed by atoms with Gasteiger partial charge in [-0.25, -0.2) is 9.37 Å². The van der Waals surface area contributed by atoms with Gasteiger partial charge in [0.15, 0.2) is 0 Å². The standard InChI is InChI=1S/C15H13ClFN3O/c16-12-5-9(14(18)21)7-19-15(12)20-13-6-11(13)8-2-1-3-10(17)4-8/h1-5,7,11,13H,6H2,(H2,18,21)(H,19,20)/t11-,13+/m0/s1. The molecule has 0 saturated heterocycles. The molecule has 6 heteroatoms. The van der Waals surface area contributed by atoms with Gasteiger partial charge in [-0.15, -0.1) is 0 Å². The molecule has 2 aromatic rings. The molecule has 21 heavy (non-hydrogen) atoms. The van der Waals surface area contributed by atoms with Crippen LogP contribution in [0.3, 0.4) is 0 Å². The van der Waals surface area contributed by atoms with E-state index in [1.165, 1.54) is 24.4 Å². The zero-order valence-electron chi connectivity index (χ0n) is 11.0. The van der Waals surface area contributed by atoms with Crippen molar-refractivity contribution in [2.24, 2.45) is 5.73 Å². The number of carbonyl (C=O) groups excluding carboxylic acids is 1. The van der Waals surface area contributed by atoms with Gasteiger partial charge in [-0.05, 0) is 30.2 Å². The second kappa shape index (κ2) is 5.33. The van der Waals surface area contributed by atoms with Crippen LogP contribution in [0.5, 0.6) is 0 Å². The highest BCUT2D eigenvalue weighted by Crippen LogP contribution is 2.43. The third kappa shape index (κ3) is 2.97. The minimum atomic E-state index is -0.569. The highest BCUT2D eigenvalue weighted by Gasteiger charge is 2.39. The summed E-state index contributed by atoms with van der Waals surface area (Å²) in [6.45, 7) is 0. The Morgan fingerprint density at radius 1 is 1.43 bits per heavy atom. The lowest BCUT2D eigenvalue weighted by Gasteiger charge is -2.08. The van der Waals surface area contributed by atoms with Crippen molar-refractivity contribution in [1.82, 2.24) is 4.98 Å². The van der Waals surface area contributed by atoms with Gasteiger partial charge in [0.2, 0.25) is 5.91 Å². The van der Waals surface area contributed by atoms with Gasteiger partial charge in [0.25, 0.3) is 0 Å². The van der Waals surface area contributed by atoms with E-state index in [1.807, 2.05) is 6.07 Å². The first-order chi connectivity index (χ1) is 10.0. The number of nitrogens with two attached hydrogens (primary N) is 1. The lowest BCUT2D eigenvalue weighted by molar-refractivity contribution is 0.1000. The lowest BCUT2D eigenvalue weighted by atomic mass is 10.1. The maximum Gasteiger partial charge on any atom is 0.250 e. The average molecular weight is 306 g/mol. The summed E-state index contributed by atoms with van der Waals surface area (Å²) in [4.78, 5) is 15.1. The third-order valence-corrected chi connectivity index (χ3v) is 3.80. The number of hydrogen-bond donors (Lipinski definition) is 2. The number of nitrogens with zero attached hydrogens (tertiary/aromatic N) is 1. The number of hydrogen-bond acceptors (Lipinski definition) is 3. The van der Waals surface area contributed by atoms with Crippen molar-refractivity contribution < 1.29 is 9.18 Å². The van der Waals surface area contributed by atoms with Crippen molar-refractivity contribution in [2.75, 3.05) is 5.32 Å². The number of primary amides is 1. The molecule has 0 radical (unpaired) electrons. The molecule has 1 saturated carbocycles. The number of halogens is 2. The van der Waals surface area contributed by atoms with Gasteiger partial charge >= 0.3 is 0 Å². The predicted molar refractivity (Wildman–Crippen MR) is 78.9 cm³/mol. The van der Waals surface area contributed by atoms with Gasteiger partial charge in [0.1, 0.15) is 11.6 Å². The van der Waals surface area contributed by atoms with Crippen LogP contribution < -0.4 is 11.1 Å². The van der Waals surface area contributed by atoms with E-state index in [0.29, 0.717) is 10.8 Å². The van der Waals surface area contributed by atoms with Gasteiger partial charge in [-0.3, -0.25) is 4.79 Å². The number of carbonyl (C=O) groups is 1. The molecule has 1 aliphatic carbocycles. The second-order valence-electron chi connectivity index (χ2n) is 5.07. The number of aromatic nitrogens is 1. The summed E-state index contributed by atoms with van der Waals surface area (Å²) in [5.74, 6) is -0.0555. The Balaban J connectivity index is 1.70. The molecule has 2 atom stereocenters. The quantitative estimate of drug-likeness (QED) is 0.912. The van der Waals surface area contributed by atoms with E-state index in [-0.39, 0.29) is 23.3 Å². The Kier molecular flexibility index (Phi) is 3.51. The van der Waals surface area contributed by atoms with Crippen LogP contribution >= 0.6 is 11.6 Å². The van der Waals surface area contributed by atoms with Gasteiger partial charge < -0.3 is 11.1 Å². The maximum absolute atomic E-state index is 13.2. The number of anilines is 1. The number of benzene rings is 1. The normalized spacial score (nSPS) is 20.1. The fraction of sp³-hybridized carbons (Fsp3) is 0.200. The summed E-state index contributed by atoms with van der Waals surface area (Å²) >= 11 is 6.07. The summed E-state index contributed by atoms with van der Waals surface area (Å²) in [5.41, 5.74) is 6.39. The average Bonchev–Trinajstić information content (AvgIpc) is 3.20. The van der Waals surface area contributed by atoms with Crippen LogP contribution in [-0.4, -0.2) is 16.9 Å². The van der Waals surface area contributed by atoms with Crippen LogP contribution in [-0.2, 0) is 0 Å². The Morgan fingerprint density at radius 3 is 2.90 bits per heavy atom. The van der Waals surface area contributed by atoms with E-state index in [1.54, 1.807) is 6.07 Å². The molecule has 1 amide bonds. The predicted octanol–water partition coefficient (Wildman–Crippen LogP) is 2.94. The molecule has 0 aliphatic heterocycles. The molecule has 1 heterocycles. The molecule has 0 bridgehead atoms. The largest absolute Gasteiger partial charge is 0.366 e. The molecule has 3 N–H and O–H groups in total. The van der Waals surface area contributed by atoms with Crippen molar-refractivity contribution in [3.05, 3.63) is 58.5 Å². The Morgan fingerprint density at radius 2 is 2.24 bits per heavy atom. The van der Waals surface area contributed by atoms with Crippen molar-refractivity contribution in [3.63, 3.8) is 0 Å². The van der Waals surface area contributed by atoms with Crippen LogP contribution in [0.1, 0.15) is 28.3 Å². The first-order valence-electron chi connectivity index (χ1n) is 6.52. The molecule has 1 aliphatic rings. The van der Waals surface area contributed by atoms with Crippen molar-refractivity contribution in [2.45, 2.75) is 18.4 Å². The van der Waals surface area contributed by atoms with Crippen molar-refractivity contribution in [3.8, 4) is 0 Å². The molecule has 0 spiro atoms. The molecule has 1 fully saturated rings. The van der Waals surface area contributed by atoms with Crippen LogP contribution in [0.25, 0.3) is 0 Å². The molecule has 4 nitrogen and oxygen atoms in total. The van der Waals surface area contributed by atoms with Gasteiger partial charge in [0.05, 0.1) is 10.6 Å². The zero-order chi connectivity index (χ0) is 15.0. The topological polar surface area (TPSA) is 68.0 Å². The van der Waals surface area contributed by atoms with E-state index < -0.39 is 5.91 Å². The Bertz CT molecular complexity index is 707. The Labute approximate surface area is 126 Å². The van der Waals surface area contributed by atoms with Gasteiger partial charge in [0, 0.05) is 18.2 Å². The van der Waals surface area contributed by atoms with Crippen molar-refractivity contribution >= 4 is 23.3 Å². The monoisotopic (exact) mass is 305 g/mol. The highest BCUT2D eigenvalue weighted by molar-refractivity contribution is 6.33. The lowest BCUT2D eigenvalue weighted by Crippen LogP contribution is -2.12. The first kappa shape index (κ1) is 13.8. The summed E-state index contributed by atoms with van der Waals surface area (Å²) in [6, 6.07) is 8.22. The van der Waals surface area contributed by atoms with E-state index in [9.17, 15) is 9.18 Å². The minimum absolute atomic E-state index is 0.163. The zero-order valence-corrected chi connectivity index (χ0v) is 11.8. The fourth-order valence-electron chi connectivity index (χ4n) is 2.31. The maximum atomic E-state index is 13.2. The number of rotatable bonds is 4. The van der Waals surface area contributed by atoms with Crippen LogP contribution in [0.2, 0.25) is 5.02 Å². The smallest absolute Gasteiger partial charge is 0.250 e. The van der Waals surface area contributed by atoms with Gasteiger partial charge in [-0.1, -0.05) is 23.7 Å². The number of pyridine rings is 1. The molecule has 108 valence electrons. The molecular weight excluding hydrogens is 293 g/mol. The van der Waals surface area contributed by atoms with E-state index in [4.69, 9.17) is 17.3 Å². The van der Waals surface area contributed by atoms with Crippen LogP contribution in [0.4, 0.5) is 10.2 Å². The minimum Gasteiger partial charge on any atom is -0.366 e.